The molecule has 0 aliphatic carbocycles. The highest BCUT2D eigenvalue weighted by Crippen LogP contribution is 2.38. The first-order valence-electron chi connectivity index (χ1n) is 5.37. The van der Waals surface area contributed by atoms with Crippen molar-refractivity contribution in [1.29, 1.82) is 0 Å². The van der Waals surface area contributed by atoms with E-state index in [0.717, 1.165) is 17.3 Å². The molecule has 1 unspecified atom stereocenters. The molecule has 3 heteroatoms. The monoisotopic (exact) mass is 231 g/mol. The Morgan fingerprint density at radius 1 is 1.25 bits per heavy atom. The molecule has 0 spiro atoms. The third-order valence-corrected chi connectivity index (χ3v) is 3.65. The second kappa shape index (κ2) is 3.83. The van der Waals surface area contributed by atoms with E-state index < -0.39 is 0 Å². The first-order valence-corrected chi connectivity index (χ1v) is 6.25. The zero-order valence-corrected chi connectivity index (χ0v) is 9.88. The minimum absolute atomic E-state index is 0.127. The Morgan fingerprint density at radius 2 is 2.06 bits per heavy atom. The van der Waals surface area contributed by atoms with Gasteiger partial charge in [0.25, 0.3) is 0 Å². The van der Waals surface area contributed by atoms with Crippen LogP contribution in [0.3, 0.4) is 0 Å². The molecular weight excluding hydrogens is 218 g/mol. The van der Waals surface area contributed by atoms with Crippen molar-refractivity contribution in [3.8, 4) is 5.75 Å². The van der Waals surface area contributed by atoms with Crippen molar-refractivity contribution in [2.75, 3.05) is 11.9 Å². The molecule has 1 aliphatic rings. The summed E-state index contributed by atoms with van der Waals surface area (Å²) in [4.78, 5) is 0. The number of rotatable bonds is 1. The first kappa shape index (κ1) is 9.73. The molecule has 0 amide bonds. The maximum Gasteiger partial charge on any atom is 0.154 e. The molecule has 0 saturated heterocycles. The summed E-state index contributed by atoms with van der Waals surface area (Å²) in [6.07, 6.45) is 0.127. The SMILES string of the molecule is Cc1ccc(C2CNc3sccc3O2)cc1. The average Bonchev–Trinajstić information content (AvgIpc) is 2.77. The summed E-state index contributed by atoms with van der Waals surface area (Å²) in [5.41, 5.74) is 2.51. The Bertz CT molecular complexity index is 489. The van der Waals surface area contributed by atoms with Gasteiger partial charge in [0.05, 0.1) is 6.54 Å². The number of fused-ring (bicyclic) bond motifs is 1. The third kappa shape index (κ3) is 1.67. The summed E-state index contributed by atoms with van der Waals surface area (Å²) in [6, 6.07) is 10.6. The van der Waals surface area contributed by atoms with Gasteiger partial charge in [-0.2, -0.15) is 0 Å². The highest BCUT2D eigenvalue weighted by Gasteiger charge is 2.21. The van der Waals surface area contributed by atoms with Gasteiger partial charge in [-0.15, -0.1) is 11.3 Å². The number of anilines is 1. The molecule has 0 bridgehead atoms. The molecule has 1 aromatic carbocycles. The predicted molar refractivity (Wildman–Crippen MR) is 67.4 cm³/mol. The molecular formula is C13H13NOS. The van der Waals surface area contributed by atoms with E-state index in [2.05, 4.69) is 41.9 Å². The van der Waals surface area contributed by atoms with Crippen LogP contribution < -0.4 is 10.1 Å². The van der Waals surface area contributed by atoms with Crippen LogP contribution in [0, 0.1) is 6.92 Å². The van der Waals surface area contributed by atoms with E-state index in [0.29, 0.717) is 0 Å². The molecule has 1 N–H and O–H groups in total. The lowest BCUT2D eigenvalue weighted by molar-refractivity contribution is 0.212. The standard InChI is InChI=1S/C13H13NOS/c1-9-2-4-10(5-3-9)12-8-14-13-11(15-12)6-7-16-13/h2-7,12,14H,8H2,1H3. The Hall–Kier alpha value is -1.48. The van der Waals surface area contributed by atoms with Crippen LogP contribution in [0.25, 0.3) is 0 Å². The molecule has 1 atom stereocenters. The Kier molecular flexibility index (Phi) is 2.33. The summed E-state index contributed by atoms with van der Waals surface area (Å²) in [7, 11) is 0. The van der Waals surface area contributed by atoms with Gasteiger partial charge >= 0.3 is 0 Å². The molecule has 3 rings (SSSR count). The number of benzene rings is 1. The predicted octanol–water partition coefficient (Wildman–Crippen LogP) is 3.60. The Balaban J connectivity index is 1.86. The van der Waals surface area contributed by atoms with E-state index in [1.54, 1.807) is 11.3 Å². The fourth-order valence-electron chi connectivity index (χ4n) is 1.87. The number of ether oxygens (including phenoxy) is 1. The zero-order valence-electron chi connectivity index (χ0n) is 9.07. The van der Waals surface area contributed by atoms with E-state index in [4.69, 9.17) is 4.74 Å². The van der Waals surface area contributed by atoms with E-state index in [1.807, 2.05) is 6.07 Å². The molecule has 82 valence electrons. The van der Waals surface area contributed by atoms with Crippen molar-refractivity contribution < 1.29 is 4.74 Å². The smallest absolute Gasteiger partial charge is 0.154 e. The van der Waals surface area contributed by atoms with Crippen LogP contribution >= 0.6 is 11.3 Å². The van der Waals surface area contributed by atoms with Crippen LogP contribution in [-0.4, -0.2) is 6.54 Å². The van der Waals surface area contributed by atoms with Crippen molar-refractivity contribution in [2.24, 2.45) is 0 Å². The van der Waals surface area contributed by atoms with E-state index in [1.165, 1.54) is 11.1 Å². The van der Waals surface area contributed by atoms with E-state index >= 15 is 0 Å². The van der Waals surface area contributed by atoms with Gasteiger partial charge in [0.2, 0.25) is 0 Å². The molecule has 16 heavy (non-hydrogen) atoms. The second-order valence-corrected chi connectivity index (χ2v) is 4.93. The molecule has 0 radical (unpaired) electrons. The lowest BCUT2D eigenvalue weighted by Gasteiger charge is -2.25. The topological polar surface area (TPSA) is 21.3 Å². The summed E-state index contributed by atoms with van der Waals surface area (Å²) < 4.78 is 5.95. The van der Waals surface area contributed by atoms with Crippen LogP contribution in [0.2, 0.25) is 0 Å². The van der Waals surface area contributed by atoms with Crippen molar-refractivity contribution in [3.05, 3.63) is 46.8 Å². The van der Waals surface area contributed by atoms with Crippen LogP contribution in [-0.2, 0) is 0 Å². The Labute approximate surface area is 98.9 Å². The largest absolute Gasteiger partial charge is 0.481 e. The highest BCUT2D eigenvalue weighted by molar-refractivity contribution is 7.14. The zero-order chi connectivity index (χ0) is 11.0. The van der Waals surface area contributed by atoms with Gasteiger partial charge in [0.1, 0.15) is 11.1 Å². The van der Waals surface area contributed by atoms with Crippen LogP contribution in [0.1, 0.15) is 17.2 Å². The number of hydrogen-bond donors (Lipinski definition) is 1. The normalized spacial score (nSPS) is 18.4. The summed E-state index contributed by atoms with van der Waals surface area (Å²) >= 11 is 1.69. The maximum atomic E-state index is 5.95. The first-order chi connectivity index (χ1) is 7.83. The van der Waals surface area contributed by atoms with Gasteiger partial charge < -0.3 is 10.1 Å². The molecule has 2 aromatic rings. The number of hydrogen-bond acceptors (Lipinski definition) is 3. The van der Waals surface area contributed by atoms with Gasteiger partial charge in [-0.25, -0.2) is 0 Å². The molecule has 1 aliphatic heterocycles. The molecule has 1 aromatic heterocycles. The number of aryl methyl sites for hydroxylation is 1. The summed E-state index contributed by atoms with van der Waals surface area (Å²) in [6.45, 7) is 2.94. The Morgan fingerprint density at radius 3 is 2.88 bits per heavy atom. The van der Waals surface area contributed by atoms with Gasteiger partial charge in [0.15, 0.2) is 5.75 Å². The van der Waals surface area contributed by atoms with Crippen molar-refractivity contribution >= 4 is 16.3 Å². The van der Waals surface area contributed by atoms with Crippen LogP contribution in [0.4, 0.5) is 5.00 Å². The maximum absolute atomic E-state index is 5.95. The molecule has 0 saturated carbocycles. The number of thiophene rings is 1. The second-order valence-electron chi connectivity index (χ2n) is 4.01. The average molecular weight is 231 g/mol. The van der Waals surface area contributed by atoms with Crippen molar-refractivity contribution in [3.63, 3.8) is 0 Å². The van der Waals surface area contributed by atoms with Gasteiger partial charge in [-0.3, -0.25) is 0 Å². The van der Waals surface area contributed by atoms with Crippen LogP contribution in [0.5, 0.6) is 5.75 Å². The van der Waals surface area contributed by atoms with Crippen molar-refractivity contribution in [1.82, 2.24) is 0 Å². The quantitative estimate of drug-likeness (QED) is 0.809. The molecule has 2 nitrogen and oxygen atoms in total. The van der Waals surface area contributed by atoms with E-state index in [-0.39, 0.29) is 6.10 Å². The van der Waals surface area contributed by atoms with Crippen LogP contribution in [0.15, 0.2) is 35.7 Å². The summed E-state index contributed by atoms with van der Waals surface area (Å²) in [5, 5.41) is 6.59. The third-order valence-electron chi connectivity index (χ3n) is 2.80. The highest BCUT2D eigenvalue weighted by atomic mass is 32.1. The number of nitrogens with one attached hydrogen (secondary N) is 1. The minimum Gasteiger partial charge on any atom is -0.481 e. The lowest BCUT2D eigenvalue weighted by atomic mass is 10.1. The minimum atomic E-state index is 0.127. The molecule has 0 fully saturated rings. The van der Waals surface area contributed by atoms with Gasteiger partial charge in [0, 0.05) is 0 Å². The fraction of sp³-hybridized carbons (Fsp3) is 0.231. The van der Waals surface area contributed by atoms with Gasteiger partial charge in [-0.1, -0.05) is 29.8 Å². The van der Waals surface area contributed by atoms with Crippen molar-refractivity contribution in [2.45, 2.75) is 13.0 Å². The summed E-state index contributed by atoms with van der Waals surface area (Å²) in [5.74, 6) is 0.974. The molecule has 2 heterocycles. The van der Waals surface area contributed by atoms with Gasteiger partial charge in [-0.05, 0) is 23.9 Å². The lowest BCUT2D eigenvalue weighted by Crippen LogP contribution is -2.22. The van der Waals surface area contributed by atoms with E-state index in [9.17, 15) is 0 Å². The fourth-order valence-corrected chi connectivity index (χ4v) is 2.59.